The molecule has 0 radical (unpaired) electrons. The van der Waals surface area contributed by atoms with Gasteiger partial charge in [0.05, 0.1) is 0 Å². The highest BCUT2D eigenvalue weighted by Gasteiger charge is 1.97. The van der Waals surface area contributed by atoms with E-state index in [1.54, 1.807) is 0 Å². The van der Waals surface area contributed by atoms with Crippen molar-refractivity contribution in [3.05, 3.63) is 11.4 Å². The van der Waals surface area contributed by atoms with Crippen molar-refractivity contribution in [2.24, 2.45) is 0 Å². The summed E-state index contributed by atoms with van der Waals surface area (Å²) >= 11 is 0. The number of carbonyl (C=O) groups excluding carboxylic acids is 2. The second-order valence-electron chi connectivity index (χ2n) is 0.900. The van der Waals surface area contributed by atoms with Gasteiger partial charge in [0.25, 0.3) is 12.3 Å². The molecule has 0 N–H and O–H groups in total. The SMILES string of the molecule is [C-]#[N+]CC(=O)C=O. The smallest absolute Gasteiger partial charge is 0.279 e. The number of rotatable bonds is 2. The fourth-order valence-corrected chi connectivity index (χ4v) is 0.115. The van der Waals surface area contributed by atoms with E-state index in [-0.39, 0.29) is 12.8 Å². The molecule has 0 amide bonds. The summed E-state index contributed by atoms with van der Waals surface area (Å²) in [5.41, 5.74) is 0. The lowest BCUT2D eigenvalue weighted by Gasteiger charge is -1.68. The first-order valence-electron chi connectivity index (χ1n) is 1.62. The monoisotopic (exact) mass is 97.0 g/mol. The average Bonchev–Trinajstić information content (AvgIpc) is 1.68. The van der Waals surface area contributed by atoms with Crippen LogP contribution in [0.15, 0.2) is 0 Å². The number of Topliss-reactive ketones (excluding diaryl/α,β-unsaturated/α-hetero) is 1. The zero-order valence-electron chi connectivity index (χ0n) is 3.55. The zero-order chi connectivity index (χ0) is 5.70. The van der Waals surface area contributed by atoms with Crippen molar-refractivity contribution >= 4 is 12.1 Å². The van der Waals surface area contributed by atoms with Gasteiger partial charge in [-0.05, 0) is 0 Å². The molecule has 0 spiro atoms. The van der Waals surface area contributed by atoms with Crippen molar-refractivity contribution in [1.82, 2.24) is 0 Å². The van der Waals surface area contributed by atoms with Crippen molar-refractivity contribution in [3.8, 4) is 0 Å². The molecule has 0 atom stereocenters. The average molecular weight is 97.1 g/mol. The molecule has 3 nitrogen and oxygen atoms in total. The molecule has 0 aromatic heterocycles. The molecular weight excluding hydrogens is 94.0 g/mol. The Bertz CT molecular complexity index is 122. The number of hydrogen-bond donors (Lipinski definition) is 0. The normalized spacial score (nSPS) is 6.71. The lowest BCUT2D eigenvalue weighted by molar-refractivity contribution is -0.128. The van der Waals surface area contributed by atoms with Gasteiger partial charge in [-0.1, -0.05) is 0 Å². The van der Waals surface area contributed by atoms with E-state index >= 15 is 0 Å². The molecule has 0 unspecified atom stereocenters. The fraction of sp³-hybridized carbons (Fsp3) is 0.250. The number of hydrogen-bond acceptors (Lipinski definition) is 2. The summed E-state index contributed by atoms with van der Waals surface area (Å²) in [4.78, 5) is 21.9. The van der Waals surface area contributed by atoms with Crippen molar-refractivity contribution in [2.45, 2.75) is 0 Å². The summed E-state index contributed by atoms with van der Waals surface area (Å²) in [7, 11) is 0. The minimum absolute atomic E-state index is 0.151. The molecule has 7 heavy (non-hydrogen) atoms. The van der Waals surface area contributed by atoms with Gasteiger partial charge in [-0.2, -0.15) is 0 Å². The molecule has 0 bridgehead atoms. The maximum Gasteiger partial charge on any atom is 0.279 e. The van der Waals surface area contributed by atoms with Crippen LogP contribution in [-0.4, -0.2) is 18.6 Å². The van der Waals surface area contributed by atoms with Gasteiger partial charge in [0, 0.05) is 0 Å². The van der Waals surface area contributed by atoms with Crippen LogP contribution >= 0.6 is 0 Å². The molecule has 3 heteroatoms. The van der Waals surface area contributed by atoms with Gasteiger partial charge in [0.15, 0.2) is 6.29 Å². The minimum Gasteiger partial charge on any atom is -0.308 e. The van der Waals surface area contributed by atoms with Crippen LogP contribution in [-0.2, 0) is 9.59 Å². The predicted molar refractivity (Wildman–Crippen MR) is 22.5 cm³/mol. The van der Waals surface area contributed by atoms with Crippen LogP contribution in [0.3, 0.4) is 0 Å². The molecule has 0 saturated carbocycles. The Labute approximate surface area is 40.8 Å². The third kappa shape index (κ3) is 2.64. The van der Waals surface area contributed by atoms with E-state index in [0.29, 0.717) is 0 Å². The van der Waals surface area contributed by atoms with Crippen LogP contribution in [0.4, 0.5) is 0 Å². The van der Waals surface area contributed by atoms with Crippen LogP contribution in [0.5, 0.6) is 0 Å². The Morgan fingerprint density at radius 2 is 2.43 bits per heavy atom. The maximum atomic E-state index is 9.83. The molecule has 0 aromatic rings. The van der Waals surface area contributed by atoms with Gasteiger partial charge in [0.1, 0.15) is 0 Å². The molecule has 0 heterocycles. The minimum atomic E-state index is -0.657. The first kappa shape index (κ1) is 5.83. The lowest BCUT2D eigenvalue weighted by atomic mass is 10.5. The standard InChI is InChI=1S/C4H3NO2/c1-5-2-4(7)3-6/h3H,2H2. The largest absolute Gasteiger partial charge is 0.308 e. The Morgan fingerprint density at radius 3 is 2.57 bits per heavy atom. The molecule has 0 aliphatic heterocycles. The summed E-state index contributed by atoms with van der Waals surface area (Å²) in [6.07, 6.45) is 0.151. The van der Waals surface area contributed by atoms with E-state index in [9.17, 15) is 9.59 Å². The summed E-state index contributed by atoms with van der Waals surface area (Å²) in [6.45, 7) is 5.77. The molecule has 0 saturated heterocycles. The zero-order valence-corrected chi connectivity index (χ0v) is 3.55. The summed E-state index contributed by atoms with van der Waals surface area (Å²) in [5, 5.41) is 0. The van der Waals surface area contributed by atoms with E-state index in [2.05, 4.69) is 4.85 Å². The number of carbonyl (C=O) groups is 2. The van der Waals surface area contributed by atoms with Crippen LogP contribution < -0.4 is 0 Å². The second-order valence-corrected chi connectivity index (χ2v) is 0.900. The van der Waals surface area contributed by atoms with Crippen LogP contribution in [0.1, 0.15) is 0 Å². The van der Waals surface area contributed by atoms with E-state index in [4.69, 9.17) is 6.57 Å². The van der Waals surface area contributed by atoms with Gasteiger partial charge in [-0.3, -0.25) is 9.59 Å². The Hall–Kier alpha value is -1.17. The van der Waals surface area contributed by atoms with Gasteiger partial charge in [-0.15, -0.1) is 0 Å². The first-order chi connectivity index (χ1) is 3.31. The van der Waals surface area contributed by atoms with Crippen molar-refractivity contribution in [2.75, 3.05) is 6.54 Å². The second kappa shape index (κ2) is 3.04. The highest BCUT2D eigenvalue weighted by atomic mass is 16.2. The number of nitrogens with zero attached hydrogens (tertiary/aromatic N) is 1. The number of aldehydes is 1. The summed E-state index contributed by atoms with van der Waals surface area (Å²) in [6, 6.07) is 0. The highest BCUT2D eigenvalue weighted by Crippen LogP contribution is 1.64. The van der Waals surface area contributed by atoms with Crippen LogP contribution in [0.2, 0.25) is 0 Å². The van der Waals surface area contributed by atoms with Crippen molar-refractivity contribution in [1.29, 1.82) is 0 Å². The molecule has 0 rings (SSSR count). The van der Waals surface area contributed by atoms with Crippen LogP contribution in [0.25, 0.3) is 4.85 Å². The maximum absolute atomic E-state index is 9.83. The molecule has 0 aromatic carbocycles. The van der Waals surface area contributed by atoms with E-state index in [0.717, 1.165) is 0 Å². The Balaban J connectivity index is 3.42. The summed E-state index contributed by atoms with van der Waals surface area (Å²) < 4.78 is 0. The van der Waals surface area contributed by atoms with Crippen LogP contribution in [0, 0.1) is 6.57 Å². The quantitative estimate of drug-likeness (QED) is 0.269. The topological polar surface area (TPSA) is 38.5 Å². The van der Waals surface area contributed by atoms with E-state index in [1.807, 2.05) is 0 Å². The fourth-order valence-electron chi connectivity index (χ4n) is 0.115. The van der Waals surface area contributed by atoms with Crippen molar-refractivity contribution < 1.29 is 9.59 Å². The number of ketones is 1. The van der Waals surface area contributed by atoms with E-state index < -0.39 is 5.78 Å². The van der Waals surface area contributed by atoms with Gasteiger partial charge >= 0.3 is 0 Å². The molecule has 0 fully saturated rings. The molecule has 0 aliphatic rings. The van der Waals surface area contributed by atoms with Gasteiger partial charge in [-0.25, -0.2) is 6.57 Å². The van der Waals surface area contributed by atoms with E-state index in [1.165, 1.54) is 0 Å². The molecule has 0 aliphatic carbocycles. The Kier molecular flexibility index (Phi) is 2.53. The predicted octanol–water partition coefficient (Wildman–Crippen LogP) is -0.326. The third-order valence-corrected chi connectivity index (χ3v) is 0.366. The Morgan fingerprint density at radius 1 is 1.86 bits per heavy atom. The van der Waals surface area contributed by atoms with Gasteiger partial charge < -0.3 is 4.85 Å². The molecule has 36 valence electrons. The van der Waals surface area contributed by atoms with Crippen molar-refractivity contribution in [3.63, 3.8) is 0 Å². The highest BCUT2D eigenvalue weighted by molar-refractivity contribution is 6.26. The molecular formula is C4H3NO2. The summed E-state index contributed by atoms with van der Waals surface area (Å²) in [5.74, 6) is -0.657. The third-order valence-electron chi connectivity index (χ3n) is 0.366. The lowest BCUT2D eigenvalue weighted by Crippen LogP contribution is -2.00. The first-order valence-corrected chi connectivity index (χ1v) is 1.62. The van der Waals surface area contributed by atoms with Gasteiger partial charge in [0.2, 0.25) is 0 Å².